The third-order valence-electron chi connectivity index (χ3n) is 5.12. The van der Waals surface area contributed by atoms with Gasteiger partial charge in [-0.2, -0.15) is 0 Å². The van der Waals surface area contributed by atoms with Crippen molar-refractivity contribution in [3.63, 3.8) is 0 Å². The first kappa shape index (κ1) is 19.7. The van der Waals surface area contributed by atoms with E-state index in [1.807, 2.05) is 30.3 Å². The number of ether oxygens (including phenoxy) is 2. The zero-order chi connectivity index (χ0) is 20.3. The number of hydrogen-bond acceptors (Lipinski definition) is 4. The second-order valence-electron chi connectivity index (χ2n) is 7.28. The Morgan fingerprint density at radius 1 is 1.18 bits per heavy atom. The lowest BCUT2D eigenvalue weighted by atomic mass is 9.75. The van der Waals surface area contributed by atoms with E-state index in [9.17, 15) is 14.7 Å². The smallest absolute Gasteiger partial charge is 0.411 e. The van der Waals surface area contributed by atoms with Crippen LogP contribution in [0.4, 0.5) is 4.79 Å². The Bertz CT molecular complexity index is 851. The molecule has 6 heteroatoms. The van der Waals surface area contributed by atoms with E-state index < -0.39 is 29.6 Å². The van der Waals surface area contributed by atoms with Crippen molar-refractivity contribution >= 4 is 12.1 Å². The van der Waals surface area contributed by atoms with Gasteiger partial charge in [0.05, 0.1) is 6.61 Å². The Hall–Kier alpha value is -3.02. The molecule has 3 rings (SSSR count). The first-order valence-corrected chi connectivity index (χ1v) is 9.34. The molecule has 0 saturated heterocycles. The summed E-state index contributed by atoms with van der Waals surface area (Å²) in [5, 5.41) is 10.4. The summed E-state index contributed by atoms with van der Waals surface area (Å²) in [5.41, 5.74) is -0.271. The van der Waals surface area contributed by atoms with E-state index in [-0.39, 0.29) is 13.2 Å². The molecule has 1 aliphatic heterocycles. The van der Waals surface area contributed by atoms with E-state index in [0.717, 1.165) is 5.56 Å². The normalized spacial score (nSPS) is 20.8. The van der Waals surface area contributed by atoms with Gasteiger partial charge in [0.25, 0.3) is 0 Å². The summed E-state index contributed by atoms with van der Waals surface area (Å²) in [6, 6.07) is 15.9. The number of rotatable bonds is 5. The summed E-state index contributed by atoms with van der Waals surface area (Å²) >= 11 is 0. The Morgan fingerprint density at radius 3 is 2.46 bits per heavy atom. The van der Waals surface area contributed by atoms with Crippen LogP contribution < -0.4 is 4.74 Å². The Labute approximate surface area is 164 Å². The topological polar surface area (TPSA) is 76.1 Å². The number of carbonyl (C=O) groups is 2. The molecule has 0 fully saturated rings. The maximum atomic E-state index is 13.1. The van der Waals surface area contributed by atoms with Gasteiger partial charge in [0, 0.05) is 17.5 Å². The first-order valence-electron chi connectivity index (χ1n) is 9.34. The van der Waals surface area contributed by atoms with Gasteiger partial charge >= 0.3 is 12.1 Å². The highest BCUT2D eigenvalue weighted by molar-refractivity contribution is 5.88. The molecule has 1 heterocycles. The van der Waals surface area contributed by atoms with Gasteiger partial charge in [-0.1, -0.05) is 55.5 Å². The minimum atomic E-state index is -1.57. The van der Waals surface area contributed by atoms with Gasteiger partial charge in [0.15, 0.2) is 5.54 Å². The van der Waals surface area contributed by atoms with Crippen LogP contribution in [0.3, 0.4) is 0 Å². The molecular weight excluding hydrogens is 358 g/mol. The van der Waals surface area contributed by atoms with Gasteiger partial charge in [-0.25, -0.2) is 9.59 Å². The molecule has 1 N–H and O–H groups in total. The lowest BCUT2D eigenvalue weighted by Crippen LogP contribution is -2.63. The van der Waals surface area contributed by atoms with Gasteiger partial charge in [0.1, 0.15) is 12.4 Å². The molecule has 1 aliphatic rings. The zero-order valence-electron chi connectivity index (χ0n) is 16.3. The fourth-order valence-corrected chi connectivity index (χ4v) is 3.86. The van der Waals surface area contributed by atoms with E-state index in [1.54, 1.807) is 45.0 Å². The number of benzene rings is 2. The quantitative estimate of drug-likeness (QED) is 0.843. The molecule has 0 aliphatic carbocycles. The molecule has 1 amide bonds. The molecule has 2 unspecified atom stereocenters. The van der Waals surface area contributed by atoms with Crippen molar-refractivity contribution in [2.45, 2.75) is 39.0 Å². The highest BCUT2D eigenvalue weighted by Crippen LogP contribution is 2.46. The predicted octanol–water partition coefficient (Wildman–Crippen LogP) is 4.04. The molecule has 0 bridgehead atoms. The molecule has 6 nitrogen and oxygen atoms in total. The van der Waals surface area contributed by atoms with Crippen LogP contribution in [-0.2, 0) is 21.7 Å². The number of carboxylic acids is 1. The zero-order valence-corrected chi connectivity index (χ0v) is 16.3. The van der Waals surface area contributed by atoms with Crippen LogP contribution in [0.5, 0.6) is 5.75 Å². The maximum Gasteiger partial charge on any atom is 0.411 e. The molecular formula is C22H25NO5. The van der Waals surface area contributed by atoms with Crippen molar-refractivity contribution in [3.8, 4) is 5.75 Å². The average molecular weight is 383 g/mol. The average Bonchev–Trinajstić information content (AvgIpc) is 2.68. The molecule has 2 aromatic carbocycles. The van der Waals surface area contributed by atoms with Crippen LogP contribution in [-0.4, -0.2) is 34.7 Å². The second kappa shape index (κ2) is 7.92. The summed E-state index contributed by atoms with van der Waals surface area (Å²) < 4.78 is 11.3. The lowest BCUT2D eigenvalue weighted by Gasteiger charge is -2.48. The van der Waals surface area contributed by atoms with Crippen molar-refractivity contribution in [1.29, 1.82) is 0 Å². The maximum absolute atomic E-state index is 13.1. The monoisotopic (exact) mass is 383 g/mol. The van der Waals surface area contributed by atoms with Crippen LogP contribution in [0.25, 0.3) is 0 Å². The largest absolute Gasteiger partial charge is 0.493 e. The molecule has 0 saturated carbocycles. The number of fused-ring (bicyclic) bond motifs is 1. The number of amides is 1. The summed E-state index contributed by atoms with van der Waals surface area (Å²) in [5.74, 6) is -1.09. The predicted molar refractivity (Wildman–Crippen MR) is 104 cm³/mol. The fourth-order valence-electron chi connectivity index (χ4n) is 3.86. The number of carboxylic acid groups (broad SMARTS) is 1. The Balaban J connectivity index is 2.02. The van der Waals surface area contributed by atoms with Gasteiger partial charge < -0.3 is 14.6 Å². The standard InChI is InChI=1S/C22H25NO5/c1-15(2)23(21(26)28-14-17-9-5-4-6-10-17)22(20(24)25)16(3)13-27-19-12-8-7-11-18(19)22/h4-12,15-16H,13-14H2,1-3H3,(H,24,25). The summed E-state index contributed by atoms with van der Waals surface area (Å²) in [6.45, 7) is 5.63. The van der Waals surface area contributed by atoms with E-state index in [0.29, 0.717) is 11.3 Å². The van der Waals surface area contributed by atoms with E-state index in [1.165, 1.54) is 4.90 Å². The Kier molecular flexibility index (Phi) is 5.58. The molecule has 0 spiro atoms. The molecule has 2 atom stereocenters. The number of nitrogens with zero attached hydrogens (tertiary/aromatic N) is 1. The number of hydrogen-bond donors (Lipinski definition) is 1. The van der Waals surface area contributed by atoms with Gasteiger partial charge in [-0.05, 0) is 25.5 Å². The van der Waals surface area contributed by atoms with Gasteiger partial charge in [0.2, 0.25) is 0 Å². The first-order chi connectivity index (χ1) is 13.4. The second-order valence-corrected chi connectivity index (χ2v) is 7.28. The van der Waals surface area contributed by atoms with Crippen LogP contribution in [0, 0.1) is 5.92 Å². The summed E-state index contributed by atoms with van der Waals surface area (Å²) in [7, 11) is 0. The van der Waals surface area contributed by atoms with Crippen LogP contribution >= 0.6 is 0 Å². The van der Waals surface area contributed by atoms with Gasteiger partial charge in [-0.15, -0.1) is 0 Å². The van der Waals surface area contributed by atoms with Crippen molar-refractivity contribution in [2.24, 2.45) is 5.92 Å². The summed E-state index contributed by atoms with van der Waals surface area (Å²) in [4.78, 5) is 27.1. The molecule has 28 heavy (non-hydrogen) atoms. The SMILES string of the molecule is CC(C)N(C(=O)OCc1ccccc1)C1(C(=O)O)c2ccccc2OCC1C. The van der Waals surface area contributed by atoms with Crippen LogP contribution in [0.15, 0.2) is 54.6 Å². The van der Waals surface area contributed by atoms with Gasteiger partial charge in [-0.3, -0.25) is 4.90 Å². The van der Waals surface area contributed by atoms with Crippen molar-refractivity contribution in [3.05, 3.63) is 65.7 Å². The highest BCUT2D eigenvalue weighted by Gasteiger charge is 2.57. The minimum Gasteiger partial charge on any atom is -0.493 e. The number of para-hydroxylation sites is 1. The molecule has 148 valence electrons. The molecule has 2 aromatic rings. The Morgan fingerprint density at radius 2 is 1.82 bits per heavy atom. The number of aliphatic carboxylic acids is 1. The molecule has 0 radical (unpaired) electrons. The van der Waals surface area contributed by atoms with Crippen molar-refractivity contribution in [2.75, 3.05) is 6.61 Å². The van der Waals surface area contributed by atoms with Crippen molar-refractivity contribution < 1.29 is 24.2 Å². The minimum absolute atomic E-state index is 0.0745. The van der Waals surface area contributed by atoms with Crippen LogP contribution in [0.1, 0.15) is 31.9 Å². The molecule has 0 aromatic heterocycles. The van der Waals surface area contributed by atoms with E-state index in [2.05, 4.69) is 0 Å². The third kappa shape index (κ3) is 3.30. The lowest BCUT2D eigenvalue weighted by molar-refractivity contribution is -0.160. The summed E-state index contributed by atoms with van der Waals surface area (Å²) in [6.07, 6.45) is -0.662. The van der Waals surface area contributed by atoms with Crippen LogP contribution in [0.2, 0.25) is 0 Å². The third-order valence-corrected chi connectivity index (χ3v) is 5.12. The highest BCUT2D eigenvalue weighted by atomic mass is 16.6. The van der Waals surface area contributed by atoms with E-state index in [4.69, 9.17) is 9.47 Å². The van der Waals surface area contributed by atoms with Crippen molar-refractivity contribution in [1.82, 2.24) is 4.90 Å². The van der Waals surface area contributed by atoms with E-state index >= 15 is 0 Å². The fraction of sp³-hybridized carbons (Fsp3) is 0.364. The number of carbonyl (C=O) groups excluding carboxylic acids is 1.